The van der Waals surface area contributed by atoms with Crippen LogP contribution in [0.4, 0.5) is 13.2 Å². The molecule has 1 fully saturated rings. The summed E-state index contributed by atoms with van der Waals surface area (Å²) in [5.41, 5.74) is 6.56. The number of hydrogen-bond donors (Lipinski definition) is 1. The normalized spacial score (nSPS) is 18.1. The van der Waals surface area contributed by atoms with Crippen molar-refractivity contribution in [2.45, 2.75) is 104 Å². The van der Waals surface area contributed by atoms with Crippen LogP contribution in [-0.2, 0) is 6.42 Å². The summed E-state index contributed by atoms with van der Waals surface area (Å²) in [6.07, 6.45) is 10.7. The van der Waals surface area contributed by atoms with Crippen molar-refractivity contribution in [1.29, 1.82) is 0 Å². The quantitative estimate of drug-likeness (QED) is 0.298. The van der Waals surface area contributed by atoms with Gasteiger partial charge in [-0.2, -0.15) is 0 Å². The fraction of sp³-hybridized carbons (Fsp3) is 0.529. The Labute approximate surface area is 236 Å². The van der Waals surface area contributed by atoms with Crippen LogP contribution in [0.15, 0.2) is 41.6 Å². The van der Waals surface area contributed by atoms with Crippen molar-refractivity contribution in [3.05, 3.63) is 75.4 Å². The number of carboxylic acid groups (broad SMARTS) is 1. The van der Waals surface area contributed by atoms with Gasteiger partial charge < -0.3 is 5.11 Å². The lowest BCUT2D eigenvalue weighted by Gasteiger charge is -2.36. The van der Waals surface area contributed by atoms with Crippen molar-refractivity contribution in [1.82, 2.24) is 4.98 Å². The lowest BCUT2D eigenvalue weighted by atomic mass is 9.69. The van der Waals surface area contributed by atoms with Gasteiger partial charge in [0.15, 0.2) is 0 Å². The highest BCUT2D eigenvalue weighted by Gasteiger charge is 2.32. The molecule has 0 aliphatic heterocycles. The maximum absolute atomic E-state index is 16.0. The average Bonchev–Trinajstić information content (AvgIpc) is 3.09. The molecule has 0 spiro atoms. The molecule has 4 rings (SSSR count). The third-order valence-corrected chi connectivity index (χ3v) is 8.76. The second kappa shape index (κ2) is 13.2. The van der Waals surface area contributed by atoms with E-state index in [-0.39, 0.29) is 17.8 Å². The summed E-state index contributed by atoms with van der Waals surface area (Å²) in [6.45, 7) is 6.64. The standard InChI is InChI=1S/C34H42F3NO2/c1-4-22(8-5-6-11-30(36)37)18-23-19-29(35)32(38-21-23)31-27(24-14-16-34(2,3)17-15-24)10-7-9-25-20-26(33(39)40)12-13-28(25)31/h12-13,18-21,24,30H,4-11,14-17H2,1-3H3,(H,39,40)/b22-18-. The van der Waals surface area contributed by atoms with Gasteiger partial charge in [-0.15, -0.1) is 0 Å². The first-order valence-corrected chi connectivity index (χ1v) is 14.8. The number of benzene rings is 1. The Morgan fingerprint density at radius 2 is 1.90 bits per heavy atom. The third-order valence-electron chi connectivity index (χ3n) is 8.76. The van der Waals surface area contributed by atoms with Gasteiger partial charge in [0.1, 0.15) is 11.5 Å². The molecule has 0 bridgehead atoms. The van der Waals surface area contributed by atoms with E-state index in [0.717, 1.165) is 73.6 Å². The minimum atomic E-state index is -2.27. The summed E-state index contributed by atoms with van der Waals surface area (Å²) in [4.78, 5) is 16.4. The Balaban J connectivity index is 1.73. The molecule has 216 valence electrons. The molecule has 1 N–H and O–H groups in total. The molecular weight excluding hydrogens is 511 g/mol. The average molecular weight is 554 g/mol. The van der Waals surface area contributed by atoms with E-state index in [4.69, 9.17) is 0 Å². The molecule has 2 aliphatic carbocycles. The van der Waals surface area contributed by atoms with Gasteiger partial charge in [0.25, 0.3) is 0 Å². The van der Waals surface area contributed by atoms with Crippen molar-refractivity contribution in [3.8, 4) is 0 Å². The van der Waals surface area contributed by atoms with E-state index in [9.17, 15) is 18.7 Å². The fourth-order valence-corrected chi connectivity index (χ4v) is 6.33. The Morgan fingerprint density at radius 3 is 2.55 bits per heavy atom. The van der Waals surface area contributed by atoms with E-state index in [1.54, 1.807) is 18.3 Å². The van der Waals surface area contributed by atoms with E-state index in [0.29, 0.717) is 41.9 Å². The highest BCUT2D eigenvalue weighted by molar-refractivity contribution is 5.90. The smallest absolute Gasteiger partial charge is 0.335 e. The predicted molar refractivity (Wildman–Crippen MR) is 155 cm³/mol. The Morgan fingerprint density at radius 1 is 1.15 bits per heavy atom. The molecule has 2 aromatic rings. The lowest BCUT2D eigenvalue weighted by Crippen LogP contribution is -2.23. The summed E-state index contributed by atoms with van der Waals surface area (Å²) in [5, 5.41) is 9.58. The minimum absolute atomic E-state index is 0.0900. The number of allylic oxidation sites excluding steroid dienone is 2. The molecule has 6 heteroatoms. The number of aromatic carboxylic acids is 1. The maximum atomic E-state index is 16.0. The maximum Gasteiger partial charge on any atom is 0.335 e. The molecule has 0 amide bonds. The molecule has 0 unspecified atom stereocenters. The van der Waals surface area contributed by atoms with Crippen molar-refractivity contribution < 1.29 is 23.1 Å². The van der Waals surface area contributed by atoms with Gasteiger partial charge in [-0.3, -0.25) is 4.98 Å². The number of halogens is 3. The van der Waals surface area contributed by atoms with Crippen molar-refractivity contribution in [2.24, 2.45) is 11.3 Å². The van der Waals surface area contributed by atoms with Crippen LogP contribution in [0.1, 0.15) is 124 Å². The number of aryl methyl sites for hydroxylation is 1. The van der Waals surface area contributed by atoms with Crippen molar-refractivity contribution >= 4 is 17.6 Å². The van der Waals surface area contributed by atoms with Crippen molar-refractivity contribution in [2.75, 3.05) is 0 Å². The van der Waals surface area contributed by atoms with Gasteiger partial charge in [-0.05, 0) is 117 Å². The number of carbonyl (C=O) groups is 1. The fourth-order valence-electron chi connectivity index (χ4n) is 6.33. The Bertz CT molecular complexity index is 1270. The highest BCUT2D eigenvalue weighted by Crippen LogP contribution is 2.46. The van der Waals surface area contributed by atoms with Gasteiger partial charge in [0, 0.05) is 18.2 Å². The number of rotatable bonds is 10. The van der Waals surface area contributed by atoms with Crippen LogP contribution in [0.5, 0.6) is 0 Å². The van der Waals surface area contributed by atoms with Gasteiger partial charge in [-0.25, -0.2) is 18.0 Å². The van der Waals surface area contributed by atoms with Crippen LogP contribution in [0.25, 0.3) is 11.6 Å². The number of carboxylic acids is 1. The van der Waals surface area contributed by atoms with Crippen LogP contribution in [-0.4, -0.2) is 22.5 Å². The molecular formula is C34H42F3NO2. The number of fused-ring (bicyclic) bond motifs is 1. The van der Waals surface area contributed by atoms with Crippen LogP contribution in [0, 0.1) is 17.2 Å². The monoisotopic (exact) mass is 553 g/mol. The number of hydrogen-bond acceptors (Lipinski definition) is 2. The topological polar surface area (TPSA) is 50.2 Å². The molecule has 40 heavy (non-hydrogen) atoms. The van der Waals surface area contributed by atoms with Crippen molar-refractivity contribution in [3.63, 3.8) is 0 Å². The van der Waals surface area contributed by atoms with Gasteiger partial charge >= 0.3 is 5.97 Å². The Hall–Kier alpha value is -2.89. The first-order valence-electron chi connectivity index (χ1n) is 14.8. The number of pyridine rings is 1. The SMILES string of the molecule is CC/C(=C/c1cnc(C2=C(C3CCC(C)(C)CC3)CCCc3cc(C(=O)O)ccc32)c(F)c1)CCCCC(F)F. The molecule has 1 aromatic heterocycles. The number of unbranched alkanes of at least 4 members (excludes halogenated alkanes) is 1. The van der Waals surface area contributed by atoms with Crippen LogP contribution >= 0.6 is 0 Å². The molecule has 0 atom stereocenters. The van der Waals surface area contributed by atoms with Gasteiger partial charge in [0.05, 0.1) is 5.56 Å². The van der Waals surface area contributed by atoms with E-state index < -0.39 is 12.4 Å². The largest absolute Gasteiger partial charge is 0.478 e. The molecule has 3 nitrogen and oxygen atoms in total. The molecule has 0 radical (unpaired) electrons. The number of nitrogens with zero attached hydrogens (tertiary/aromatic N) is 1. The Kier molecular flexibility index (Phi) is 9.91. The lowest BCUT2D eigenvalue weighted by molar-refractivity contribution is 0.0696. The molecule has 1 saturated carbocycles. The highest BCUT2D eigenvalue weighted by atomic mass is 19.3. The summed E-state index contributed by atoms with van der Waals surface area (Å²) in [5.74, 6) is -0.997. The van der Waals surface area contributed by atoms with E-state index in [2.05, 4.69) is 18.8 Å². The van der Waals surface area contributed by atoms with Crippen LogP contribution < -0.4 is 0 Å². The minimum Gasteiger partial charge on any atom is -0.478 e. The first-order chi connectivity index (χ1) is 19.1. The zero-order valence-electron chi connectivity index (χ0n) is 24.0. The third kappa shape index (κ3) is 7.44. The summed E-state index contributed by atoms with van der Waals surface area (Å²) >= 11 is 0. The zero-order chi connectivity index (χ0) is 28.9. The summed E-state index contributed by atoms with van der Waals surface area (Å²) < 4.78 is 40.9. The second-order valence-electron chi connectivity index (χ2n) is 12.3. The van der Waals surface area contributed by atoms with E-state index in [1.807, 2.05) is 19.1 Å². The van der Waals surface area contributed by atoms with E-state index >= 15 is 4.39 Å². The summed E-state index contributed by atoms with van der Waals surface area (Å²) in [6, 6.07) is 6.73. The van der Waals surface area contributed by atoms with Crippen LogP contribution in [0.2, 0.25) is 0 Å². The summed E-state index contributed by atoms with van der Waals surface area (Å²) in [7, 11) is 0. The number of aromatic nitrogens is 1. The predicted octanol–water partition coefficient (Wildman–Crippen LogP) is 9.89. The molecule has 1 heterocycles. The first kappa shape index (κ1) is 30.1. The number of alkyl halides is 2. The van der Waals surface area contributed by atoms with Gasteiger partial charge in [-0.1, -0.05) is 44.1 Å². The van der Waals surface area contributed by atoms with Gasteiger partial charge in [0.2, 0.25) is 6.43 Å². The van der Waals surface area contributed by atoms with E-state index in [1.165, 1.54) is 11.6 Å². The molecule has 2 aliphatic rings. The van der Waals surface area contributed by atoms with Crippen LogP contribution in [0.3, 0.4) is 0 Å². The molecule has 0 saturated heterocycles. The zero-order valence-corrected chi connectivity index (χ0v) is 24.0. The molecule has 1 aromatic carbocycles. The second-order valence-corrected chi connectivity index (χ2v) is 12.3.